The molecule has 298 valence electrons. The Bertz CT molecular complexity index is 3370. The number of nitrogens with zero attached hydrogens (tertiary/aromatic N) is 1. The number of hydrogen-bond acceptors (Lipinski definition) is 1. The van der Waals surface area contributed by atoms with E-state index in [1.807, 2.05) is 0 Å². The van der Waals surface area contributed by atoms with E-state index < -0.39 is 0 Å². The Morgan fingerprint density at radius 3 is 1.62 bits per heavy atom. The summed E-state index contributed by atoms with van der Waals surface area (Å²) in [6, 6.07) is 83.2. The number of para-hydroxylation sites is 1. The molecule has 0 radical (unpaired) electrons. The third kappa shape index (κ3) is 5.99. The van der Waals surface area contributed by atoms with E-state index >= 15 is 0 Å². The van der Waals surface area contributed by atoms with Gasteiger partial charge in [0.25, 0.3) is 0 Å². The summed E-state index contributed by atoms with van der Waals surface area (Å²) in [5.74, 6) is 0. The van der Waals surface area contributed by atoms with Gasteiger partial charge in [-0.3, -0.25) is 0 Å². The van der Waals surface area contributed by atoms with Gasteiger partial charge in [0.15, 0.2) is 0 Å². The zero-order valence-electron chi connectivity index (χ0n) is 35.5. The second kappa shape index (κ2) is 14.7. The van der Waals surface area contributed by atoms with E-state index in [9.17, 15) is 0 Å². The second-order valence-corrected chi connectivity index (χ2v) is 17.6. The first-order chi connectivity index (χ1) is 31.0. The maximum Gasteiger partial charge on any atom is 0.0543 e. The molecule has 0 atom stereocenters. The summed E-state index contributed by atoms with van der Waals surface area (Å²) in [7, 11) is 0. The molecule has 0 amide bonds. The number of fused-ring (bicyclic) bond motifs is 7. The average molecular weight is 804 g/mol. The lowest BCUT2D eigenvalue weighted by Crippen LogP contribution is -2.17. The average Bonchev–Trinajstić information content (AvgIpc) is 3.83. The molecule has 0 aromatic heterocycles. The summed E-state index contributed by atoms with van der Waals surface area (Å²) in [5, 5.41) is 2.53. The van der Waals surface area contributed by atoms with Crippen molar-refractivity contribution in [1.29, 1.82) is 0 Å². The summed E-state index contributed by atoms with van der Waals surface area (Å²) in [6.45, 7) is 4.78. The van der Waals surface area contributed by atoms with E-state index in [1.165, 1.54) is 105 Å². The van der Waals surface area contributed by atoms with Gasteiger partial charge in [0.2, 0.25) is 0 Å². The standard InChI is InChI=1S/C62H45N/c1-62(2)56-32-14-12-29-52(56)55-40-48(39-54(61(55)62)43-23-10-5-11-24-43)63(57-33-15-13-28-49(57)41-19-6-3-7-20-41)58-34-18-27-47-37-45-35-36-46(38-53(45)60(47)58)51-31-17-26-44-25-16-30-50(59(44)51)42-21-8-4-9-22-42/h3-36,38-40H,37H2,1-2H3. The van der Waals surface area contributed by atoms with Crippen LogP contribution in [0.5, 0.6) is 0 Å². The topological polar surface area (TPSA) is 3.24 Å². The molecular formula is C62H45N. The highest BCUT2D eigenvalue weighted by molar-refractivity contribution is 6.07. The molecule has 12 rings (SSSR count). The number of benzene rings is 10. The normalized spacial score (nSPS) is 13.0. The van der Waals surface area contributed by atoms with E-state index in [1.54, 1.807) is 0 Å². The van der Waals surface area contributed by atoms with Gasteiger partial charge in [-0.15, -0.1) is 0 Å². The third-order valence-electron chi connectivity index (χ3n) is 13.6. The molecule has 0 spiro atoms. The lowest BCUT2D eigenvalue weighted by atomic mass is 9.78. The SMILES string of the molecule is CC1(C)c2ccccc2-c2cc(N(c3ccccc3-c3ccccc3)c3cccc4c3-c3cc(-c5cccc6cccc(-c7ccccc7)c56)ccc3C4)cc(-c3ccccc3)c21. The summed E-state index contributed by atoms with van der Waals surface area (Å²) in [5.41, 5.74) is 23.8. The highest BCUT2D eigenvalue weighted by atomic mass is 15.1. The Morgan fingerprint density at radius 2 is 0.905 bits per heavy atom. The van der Waals surface area contributed by atoms with E-state index in [2.05, 4.69) is 243 Å². The van der Waals surface area contributed by atoms with Crippen LogP contribution in [-0.4, -0.2) is 0 Å². The molecule has 63 heavy (non-hydrogen) atoms. The van der Waals surface area contributed by atoms with Gasteiger partial charge in [-0.25, -0.2) is 0 Å². The van der Waals surface area contributed by atoms with Crippen molar-refractivity contribution in [2.75, 3.05) is 4.90 Å². The minimum atomic E-state index is -0.173. The highest BCUT2D eigenvalue weighted by Crippen LogP contribution is 2.56. The largest absolute Gasteiger partial charge is 0.309 e. The quantitative estimate of drug-likeness (QED) is 0.155. The molecule has 0 heterocycles. The van der Waals surface area contributed by atoms with Gasteiger partial charge in [-0.05, 0) is 125 Å². The Kier molecular flexibility index (Phi) is 8.66. The predicted octanol–water partition coefficient (Wildman–Crippen LogP) is 16.9. The van der Waals surface area contributed by atoms with Crippen molar-refractivity contribution in [1.82, 2.24) is 0 Å². The molecule has 0 unspecified atom stereocenters. The molecule has 0 N–H and O–H groups in total. The number of rotatable bonds is 7. The van der Waals surface area contributed by atoms with Gasteiger partial charge in [0.1, 0.15) is 0 Å². The first-order valence-corrected chi connectivity index (χ1v) is 22.1. The number of anilines is 3. The Morgan fingerprint density at radius 1 is 0.365 bits per heavy atom. The minimum Gasteiger partial charge on any atom is -0.309 e. The van der Waals surface area contributed by atoms with Gasteiger partial charge >= 0.3 is 0 Å². The predicted molar refractivity (Wildman–Crippen MR) is 266 cm³/mol. The van der Waals surface area contributed by atoms with Crippen molar-refractivity contribution in [3.8, 4) is 66.8 Å². The zero-order chi connectivity index (χ0) is 42.1. The van der Waals surface area contributed by atoms with Crippen molar-refractivity contribution in [3.63, 3.8) is 0 Å². The fraction of sp³-hybridized carbons (Fsp3) is 0.0645. The molecular weight excluding hydrogens is 759 g/mol. The summed E-state index contributed by atoms with van der Waals surface area (Å²) < 4.78 is 0. The van der Waals surface area contributed by atoms with Crippen LogP contribution in [0.4, 0.5) is 17.1 Å². The fourth-order valence-corrected chi connectivity index (χ4v) is 10.8. The van der Waals surface area contributed by atoms with Crippen molar-refractivity contribution >= 4 is 27.8 Å². The highest BCUT2D eigenvalue weighted by Gasteiger charge is 2.39. The van der Waals surface area contributed by atoms with Crippen LogP contribution in [0.2, 0.25) is 0 Å². The minimum absolute atomic E-state index is 0.173. The molecule has 2 aliphatic rings. The first kappa shape index (κ1) is 37.1. The van der Waals surface area contributed by atoms with Crippen molar-refractivity contribution in [2.24, 2.45) is 0 Å². The molecule has 1 heteroatoms. The van der Waals surface area contributed by atoms with Crippen LogP contribution in [0, 0.1) is 0 Å². The van der Waals surface area contributed by atoms with Crippen LogP contribution < -0.4 is 4.90 Å². The lowest BCUT2D eigenvalue weighted by Gasteiger charge is -2.32. The molecule has 10 aromatic rings. The Labute approximate surface area is 370 Å². The third-order valence-corrected chi connectivity index (χ3v) is 13.6. The van der Waals surface area contributed by atoms with Crippen LogP contribution in [-0.2, 0) is 11.8 Å². The van der Waals surface area contributed by atoms with Gasteiger partial charge in [0.05, 0.1) is 11.4 Å². The number of hydrogen-bond donors (Lipinski definition) is 0. The second-order valence-electron chi connectivity index (χ2n) is 17.6. The molecule has 1 nitrogen and oxygen atoms in total. The summed E-state index contributed by atoms with van der Waals surface area (Å²) in [4.78, 5) is 2.56. The fourth-order valence-electron chi connectivity index (χ4n) is 10.8. The molecule has 0 saturated heterocycles. The maximum atomic E-state index is 2.56. The molecule has 0 aliphatic heterocycles. The monoisotopic (exact) mass is 803 g/mol. The van der Waals surface area contributed by atoms with Crippen LogP contribution >= 0.6 is 0 Å². The zero-order valence-corrected chi connectivity index (χ0v) is 35.5. The van der Waals surface area contributed by atoms with Crippen LogP contribution in [0.25, 0.3) is 77.5 Å². The van der Waals surface area contributed by atoms with E-state index in [0.29, 0.717) is 0 Å². The van der Waals surface area contributed by atoms with Gasteiger partial charge in [-0.2, -0.15) is 0 Å². The van der Waals surface area contributed by atoms with Crippen LogP contribution in [0.1, 0.15) is 36.1 Å². The van der Waals surface area contributed by atoms with Gasteiger partial charge in [0, 0.05) is 22.2 Å². The molecule has 0 bridgehead atoms. The summed E-state index contributed by atoms with van der Waals surface area (Å²) in [6.07, 6.45) is 0.888. The smallest absolute Gasteiger partial charge is 0.0543 e. The molecule has 0 saturated carbocycles. The van der Waals surface area contributed by atoms with E-state index in [4.69, 9.17) is 0 Å². The van der Waals surface area contributed by atoms with E-state index in [0.717, 1.165) is 17.8 Å². The van der Waals surface area contributed by atoms with Crippen LogP contribution in [0.3, 0.4) is 0 Å². The van der Waals surface area contributed by atoms with Crippen molar-refractivity contribution in [2.45, 2.75) is 25.7 Å². The van der Waals surface area contributed by atoms with Gasteiger partial charge < -0.3 is 4.90 Å². The van der Waals surface area contributed by atoms with E-state index in [-0.39, 0.29) is 5.41 Å². The lowest BCUT2D eigenvalue weighted by molar-refractivity contribution is 0.662. The van der Waals surface area contributed by atoms with Crippen molar-refractivity contribution in [3.05, 3.63) is 247 Å². The Hall–Kier alpha value is -7.74. The van der Waals surface area contributed by atoms with Gasteiger partial charge in [-0.1, -0.05) is 208 Å². The maximum absolute atomic E-state index is 2.56. The molecule has 2 aliphatic carbocycles. The van der Waals surface area contributed by atoms with Crippen LogP contribution in [0.15, 0.2) is 224 Å². The molecule has 0 fully saturated rings. The van der Waals surface area contributed by atoms with Crippen molar-refractivity contribution < 1.29 is 0 Å². The molecule has 10 aromatic carbocycles. The summed E-state index contributed by atoms with van der Waals surface area (Å²) >= 11 is 0. The Balaban J connectivity index is 1.12. The first-order valence-electron chi connectivity index (χ1n) is 22.1.